The van der Waals surface area contributed by atoms with Gasteiger partial charge in [-0.15, -0.1) is 0 Å². The van der Waals surface area contributed by atoms with E-state index >= 15 is 0 Å². The minimum atomic E-state index is -0.776. The van der Waals surface area contributed by atoms with Gasteiger partial charge >= 0.3 is 5.97 Å². The van der Waals surface area contributed by atoms with Crippen LogP contribution in [-0.2, 0) is 4.79 Å². The van der Waals surface area contributed by atoms with Gasteiger partial charge in [0, 0.05) is 5.57 Å². The maximum Gasteiger partial charge on any atom is 0.330 e. The van der Waals surface area contributed by atoms with E-state index in [9.17, 15) is 4.79 Å². The highest BCUT2D eigenvalue weighted by atomic mass is 16.4. The van der Waals surface area contributed by atoms with Gasteiger partial charge in [0.15, 0.2) is 0 Å². The smallest absolute Gasteiger partial charge is 0.330 e. The van der Waals surface area contributed by atoms with Crippen LogP contribution in [0.5, 0.6) is 0 Å². The van der Waals surface area contributed by atoms with Crippen molar-refractivity contribution in [2.45, 2.75) is 46.5 Å². The van der Waals surface area contributed by atoms with Crippen LogP contribution in [0.4, 0.5) is 0 Å². The Hall–Kier alpha value is -0.790. The van der Waals surface area contributed by atoms with Crippen molar-refractivity contribution in [1.82, 2.24) is 0 Å². The molecule has 0 saturated heterocycles. The lowest BCUT2D eigenvalue weighted by atomic mass is 9.71. The van der Waals surface area contributed by atoms with E-state index < -0.39 is 5.97 Å². The molecule has 2 heteroatoms. The summed E-state index contributed by atoms with van der Waals surface area (Å²) < 4.78 is 0. The molecule has 0 aromatic rings. The van der Waals surface area contributed by atoms with E-state index in [0.717, 1.165) is 24.2 Å². The van der Waals surface area contributed by atoms with E-state index in [4.69, 9.17) is 5.11 Å². The van der Waals surface area contributed by atoms with Crippen LogP contribution in [0, 0.1) is 28.6 Å². The van der Waals surface area contributed by atoms with Crippen molar-refractivity contribution in [3.05, 3.63) is 11.6 Å². The third-order valence-electron chi connectivity index (χ3n) is 6.58. The quantitative estimate of drug-likeness (QED) is 0.756. The minimum Gasteiger partial charge on any atom is -0.478 e. The molecule has 0 aromatic carbocycles. The number of carboxylic acid groups (broad SMARTS) is 1. The molecule has 0 spiro atoms. The molecule has 4 fully saturated rings. The molecule has 0 amide bonds. The Morgan fingerprint density at radius 1 is 1.35 bits per heavy atom. The summed E-state index contributed by atoms with van der Waals surface area (Å²) in [6.07, 6.45) is 6.90. The number of aliphatic carboxylic acids is 1. The van der Waals surface area contributed by atoms with Crippen LogP contribution < -0.4 is 0 Å². The average molecular weight is 234 g/mol. The summed E-state index contributed by atoms with van der Waals surface area (Å²) in [5.41, 5.74) is 1.58. The number of hydrogen-bond donors (Lipinski definition) is 1. The monoisotopic (exact) mass is 234 g/mol. The molecule has 0 aliphatic heterocycles. The Morgan fingerprint density at radius 2 is 1.94 bits per heavy atom. The lowest BCUT2D eigenvalue weighted by Gasteiger charge is -2.34. The van der Waals surface area contributed by atoms with Crippen LogP contribution in [0.3, 0.4) is 0 Å². The number of rotatable bonds is 4. The predicted molar refractivity (Wildman–Crippen MR) is 66.5 cm³/mol. The van der Waals surface area contributed by atoms with Crippen LogP contribution in [-0.4, -0.2) is 11.1 Å². The van der Waals surface area contributed by atoms with E-state index in [1.165, 1.54) is 19.3 Å². The molecular formula is C15H22O2. The van der Waals surface area contributed by atoms with Gasteiger partial charge in [-0.05, 0) is 61.2 Å². The van der Waals surface area contributed by atoms with Gasteiger partial charge < -0.3 is 5.11 Å². The molecule has 4 bridgehead atoms. The average Bonchev–Trinajstić information content (AvgIpc) is 2.64. The summed E-state index contributed by atoms with van der Waals surface area (Å²) in [7, 11) is 0. The zero-order valence-electron chi connectivity index (χ0n) is 11.0. The lowest BCUT2D eigenvalue weighted by molar-refractivity contribution is -0.132. The third-order valence-corrected chi connectivity index (χ3v) is 6.58. The summed E-state index contributed by atoms with van der Waals surface area (Å²) in [6.45, 7) is 6.62. The van der Waals surface area contributed by atoms with Crippen molar-refractivity contribution in [2.75, 3.05) is 0 Å². The summed E-state index contributed by atoms with van der Waals surface area (Å²) in [4.78, 5) is 10.7. The molecule has 4 rings (SSSR count). The molecule has 0 aromatic heterocycles. The number of hydrogen-bond acceptors (Lipinski definition) is 1. The first-order valence-corrected chi connectivity index (χ1v) is 6.81. The molecule has 5 atom stereocenters. The third kappa shape index (κ3) is 1.19. The fraction of sp³-hybridized carbons (Fsp3) is 0.800. The normalized spacial score (nSPS) is 50.8. The molecule has 94 valence electrons. The zero-order chi connectivity index (χ0) is 12.4. The maximum atomic E-state index is 10.7. The largest absolute Gasteiger partial charge is 0.478 e. The first-order chi connectivity index (χ1) is 7.91. The van der Waals surface area contributed by atoms with Gasteiger partial charge in [0.2, 0.25) is 0 Å². The van der Waals surface area contributed by atoms with Crippen LogP contribution in [0.2, 0.25) is 0 Å². The molecule has 17 heavy (non-hydrogen) atoms. The maximum absolute atomic E-state index is 10.7. The van der Waals surface area contributed by atoms with Crippen LogP contribution >= 0.6 is 0 Å². The Kier molecular flexibility index (Phi) is 2.10. The van der Waals surface area contributed by atoms with Gasteiger partial charge in [-0.2, -0.15) is 0 Å². The summed E-state index contributed by atoms with van der Waals surface area (Å²) in [5, 5.41) is 8.84. The van der Waals surface area contributed by atoms with Crippen LogP contribution in [0.1, 0.15) is 46.5 Å². The highest BCUT2D eigenvalue weighted by molar-refractivity contribution is 5.85. The van der Waals surface area contributed by atoms with Crippen molar-refractivity contribution in [2.24, 2.45) is 28.6 Å². The minimum absolute atomic E-state index is 0.484. The highest BCUT2D eigenvalue weighted by Gasteiger charge is 2.80. The predicted octanol–water partition coefficient (Wildman–Crippen LogP) is 3.48. The number of carboxylic acids is 1. The second kappa shape index (κ2) is 3.15. The summed E-state index contributed by atoms with van der Waals surface area (Å²) >= 11 is 0. The second-order valence-electron chi connectivity index (χ2n) is 6.81. The van der Waals surface area contributed by atoms with Crippen LogP contribution in [0.15, 0.2) is 11.6 Å². The van der Waals surface area contributed by atoms with Gasteiger partial charge in [-0.1, -0.05) is 19.9 Å². The fourth-order valence-corrected chi connectivity index (χ4v) is 5.18. The van der Waals surface area contributed by atoms with Crippen molar-refractivity contribution in [1.29, 1.82) is 0 Å². The summed E-state index contributed by atoms with van der Waals surface area (Å²) in [6, 6.07) is 0. The standard InChI is InChI=1S/C15H22O2/c1-9(13(16)17)5-4-6-14(2)10-7-11-12(8-10)15(11,14)3/h5,10-12H,4,6-8H2,1-3H3,(H,16,17)/t10?,11-,12+,14-,15?/m1/s1. The molecule has 0 heterocycles. The van der Waals surface area contributed by atoms with E-state index in [1.54, 1.807) is 6.92 Å². The second-order valence-corrected chi connectivity index (χ2v) is 6.81. The number of allylic oxidation sites excluding steroid dienone is 1. The molecule has 1 N–H and O–H groups in total. The van der Waals surface area contributed by atoms with Crippen molar-refractivity contribution < 1.29 is 9.90 Å². The molecule has 4 aliphatic rings. The van der Waals surface area contributed by atoms with Crippen molar-refractivity contribution in [3.63, 3.8) is 0 Å². The molecule has 4 saturated carbocycles. The lowest BCUT2D eigenvalue weighted by Crippen LogP contribution is -2.26. The molecule has 4 aliphatic carbocycles. The molecular weight excluding hydrogens is 212 g/mol. The van der Waals surface area contributed by atoms with E-state index in [-0.39, 0.29) is 0 Å². The van der Waals surface area contributed by atoms with Gasteiger partial charge in [0.25, 0.3) is 0 Å². The topological polar surface area (TPSA) is 37.3 Å². The number of carbonyl (C=O) groups is 1. The van der Waals surface area contributed by atoms with Crippen molar-refractivity contribution in [3.8, 4) is 0 Å². The Labute approximate surface area is 103 Å². The van der Waals surface area contributed by atoms with E-state index in [2.05, 4.69) is 13.8 Å². The summed E-state index contributed by atoms with van der Waals surface area (Å²) in [5.74, 6) is 2.14. The Morgan fingerprint density at radius 3 is 2.35 bits per heavy atom. The van der Waals surface area contributed by atoms with Gasteiger partial charge in [-0.25, -0.2) is 4.79 Å². The zero-order valence-corrected chi connectivity index (χ0v) is 11.0. The highest BCUT2D eigenvalue weighted by Crippen LogP contribution is 2.87. The van der Waals surface area contributed by atoms with Crippen LogP contribution in [0.25, 0.3) is 0 Å². The van der Waals surface area contributed by atoms with Crippen molar-refractivity contribution >= 4 is 5.97 Å². The van der Waals surface area contributed by atoms with Gasteiger partial charge in [0.05, 0.1) is 0 Å². The first kappa shape index (κ1) is 11.3. The first-order valence-electron chi connectivity index (χ1n) is 6.81. The SMILES string of the molecule is CC(=CCC[C@]1(C)C2C[C@@H]3[C@H](C2)C31C)C(=O)O. The van der Waals surface area contributed by atoms with Gasteiger partial charge in [-0.3, -0.25) is 0 Å². The fourth-order valence-electron chi connectivity index (χ4n) is 5.18. The molecule has 0 radical (unpaired) electrons. The Balaban J connectivity index is 1.67. The molecule has 2 nitrogen and oxygen atoms in total. The van der Waals surface area contributed by atoms with E-state index in [1.807, 2.05) is 6.08 Å². The van der Waals surface area contributed by atoms with E-state index in [0.29, 0.717) is 16.4 Å². The Bertz CT molecular complexity index is 397. The molecule has 2 unspecified atom stereocenters. The van der Waals surface area contributed by atoms with Gasteiger partial charge in [0.1, 0.15) is 0 Å².